The standard InChI is InChI=1S/C14H30N8/c1-11(19-21-13(15)16)9-7-5-3-4-6-8-10-12(2)20-22-14(17)18/h3-10H2,1-2H3,(H4,15,16,21)(H4,17,18,22)/b19-11-,20-12+. The van der Waals surface area contributed by atoms with Crippen LogP contribution in [-0.4, -0.2) is 23.3 Å². The summed E-state index contributed by atoms with van der Waals surface area (Å²) in [5, 5.41) is 15.1. The average Bonchev–Trinajstić information content (AvgIpc) is 2.45. The Kier molecular flexibility index (Phi) is 11.4. The van der Waals surface area contributed by atoms with Crippen LogP contribution in [0.3, 0.4) is 0 Å². The van der Waals surface area contributed by atoms with Crippen LogP contribution < -0.4 is 22.9 Å². The normalized spacial score (nSPS) is 12.1. The molecule has 0 aromatic rings. The smallest absolute Gasteiger partial charge is 0.211 e. The summed E-state index contributed by atoms with van der Waals surface area (Å²) < 4.78 is 0. The zero-order valence-corrected chi connectivity index (χ0v) is 13.8. The van der Waals surface area contributed by atoms with Crippen molar-refractivity contribution in [2.45, 2.75) is 65.2 Å². The van der Waals surface area contributed by atoms with Crippen molar-refractivity contribution in [2.75, 3.05) is 0 Å². The number of rotatable bonds is 11. The molecule has 0 aromatic heterocycles. The van der Waals surface area contributed by atoms with Gasteiger partial charge in [0.2, 0.25) is 11.9 Å². The van der Waals surface area contributed by atoms with Crippen molar-refractivity contribution in [3.63, 3.8) is 0 Å². The van der Waals surface area contributed by atoms with Crippen molar-refractivity contribution < 1.29 is 0 Å². The number of hydrogen-bond acceptors (Lipinski definition) is 4. The van der Waals surface area contributed by atoms with E-state index in [-0.39, 0.29) is 11.9 Å². The average molecular weight is 310 g/mol. The predicted molar refractivity (Wildman–Crippen MR) is 94.8 cm³/mol. The summed E-state index contributed by atoms with van der Waals surface area (Å²) in [5.74, 6) is -0.00366. The van der Waals surface area contributed by atoms with Gasteiger partial charge in [-0.25, -0.2) is 0 Å². The molecule has 0 aliphatic heterocycles. The maximum atomic E-state index is 5.21. The van der Waals surface area contributed by atoms with E-state index in [4.69, 9.17) is 22.9 Å². The molecule has 0 saturated heterocycles. The number of nitrogens with zero attached hydrogens (tertiary/aromatic N) is 4. The molecule has 0 aliphatic carbocycles. The number of guanidine groups is 2. The second kappa shape index (κ2) is 12.6. The lowest BCUT2D eigenvalue weighted by Gasteiger charge is -2.02. The second-order valence-corrected chi connectivity index (χ2v) is 5.34. The summed E-state index contributed by atoms with van der Waals surface area (Å²) in [6.45, 7) is 3.87. The number of hydrogen-bond donors (Lipinski definition) is 4. The van der Waals surface area contributed by atoms with E-state index in [2.05, 4.69) is 20.4 Å². The van der Waals surface area contributed by atoms with Crippen molar-refractivity contribution in [3.8, 4) is 0 Å². The zero-order chi connectivity index (χ0) is 16.8. The quantitative estimate of drug-likeness (QED) is 0.197. The van der Waals surface area contributed by atoms with Crippen LogP contribution in [0.25, 0.3) is 0 Å². The maximum Gasteiger partial charge on any atom is 0.211 e. The molecular formula is C14H30N8. The van der Waals surface area contributed by atoms with Gasteiger partial charge in [-0.3, -0.25) is 0 Å². The number of nitrogens with two attached hydrogens (primary N) is 4. The first-order valence-corrected chi connectivity index (χ1v) is 7.66. The molecule has 8 heteroatoms. The first-order chi connectivity index (χ1) is 10.4. The van der Waals surface area contributed by atoms with Gasteiger partial charge in [0, 0.05) is 11.4 Å². The summed E-state index contributed by atoms with van der Waals surface area (Å²) in [6, 6.07) is 0. The third-order valence-corrected chi connectivity index (χ3v) is 3.00. The van der Waals surface area contributed by atoms with Gasteiger partial charge in [-0.1, -0.05) is 25.7 Å². The summed E-state index contributed by atoms with van der Waals surface area (Å²) >= 11 is 0. The van der Waals surface area contributed by atoms with Crippen molar-refractivity contribution in [3.05, 3.63) is 0 Å². The molecule has 0 fully saturated rings. The van der Waals surface area contributed by atoms with Gasteiger partial charge in [-0.15, -0.1) is 10.2 Å². The summed E-state index contributed by atoms with van der Waals surface area (Å²) in [5.41, 5.74) is 22.8. The lowest BCUT2D eigenvalue weighted by Crippen LogP contribution is -2.22. The van der Waals surface area contributed by atoms with Crippen molar-refractivity contribution in [1.29, 1.82) is 0 Å². The van der Waals surface area contributed by atoms with Gasteiger partial charge in [-0.05, 0) is 39.5 Å². The van der Waals surface area contributed by atoms with Crippen LogP contribution in [0.15, 0.2) is 20.4 Å². The minimum atomic E-state index is -0.00183. The van der Waals surface area contributed by atoms with E-state index in [0.29, 0.717) is 0 Å². The Hall–Kier alpha value is -2.12. The van der Waals surface area contributed by atoms with Crippen LogP contribution in [-0.2, 0) is 0 Å². The Balaban J connectivity index is 3.55. The molecule has 8 nitrogen and oxygen atoms in total. The van der Waals surface area contributed by atoms with Gasteiger partial charge in [0.05, 0.1) is 0 Å². The van der Waals surface area contributed by atoms with Crippen LogP contribution in [0.5, 0.6) is 0 Å². The van der Waals surface area contributed by atoms with Crippen molar-refractivity contribution >= 4 is 23.3 Å². The van der Waals surface area contributed by atoms with Gasteiger partial charge in [0.1, 0.15) is 0 Å². The Morgan fingerprint density at radius 1 is 0.545 bits per heavy atom. The van der Waals surface area contributed by atoms with E-state index in [0.717, 1.165) is 37.1 Å². The highest BCUT2D eigenvalue weighted by Crippen LogP contribution is 2.09. The first-order valence-electron chi connectivity index (χ1n) is 7.66. The van der Waals surface area contributed by atoms with Gasteiger partial charge in [0.25, 0.3) is 0 Å². The summed E-state index contributed by atoms with van der Waals surface area (Å²) in [6.07, 6.45) is 8.91. The van der Waals surface area contributed by atoms with E-state index >= 15 is 0 Å². The molecule has 126 valence electrons. The minimum Gasteiger partial charge on any atom is -0.369 e. The topological polar surface area (TPSA) is 154 Å². The largest absolute Gasteiger partial charge is 0.369 e. The van der Waals surface area contributed by atoms with E-state index in [9.17, 15) is 0 Å². The molecule has 0 radical (unpaired) electrons. The summed E-state index contributed by atoms with van der Waals surface area (Å²) in [4.78, 5) is 0. The van der Waals surface area contributed by atoms with Gasteiger partial charge < -0.3 is 22.9 Å². The third kappa shape index (κ3) is 14.3. The third-order valence-electron chi connectivity index (χ3n) is 3.00. The van der Waals surface area contributed by atoms with Gasteiger partial charge in [0.15, 0.2) is 0 Å². The monoisotopic (exact) mass is 310 g/mol. The van der Waals surface area contributed by atoms with E-state index in [1.807, 2.05) is 13.8 Å². The van der Waals surface area contributed by atoms with Crippen LogP contribution in [0.4, 0.5) is 0 Å². The lowest BCUT2D eigenvalue weighted by molar-refractivity contribution is 0.606. The molecule has 22 heavy (non-hydrogen) atoms. The summed E-state index contributed by atoms with van der Waals surface area (Å²) in [7, 11) is 0. The molecule has 0 heterocycles. The second-order valence-electron chi connectivity index (χ2n) is 5.34. The lowest BCUT2D eigenvalue weighted by atomic mass is 10.1. The number of unbranched alkanes of at least 4 members (excludes halogenated alkanes) is 5. The van der Waals surface area contributed by atoms with Gasteiger partial charge in [-0.2, -0.15) is 10.2 Å². The molecule has 0 aromatic carbocycles. The molecule has 8 N–H and O–H groups in total. The van der Waals surface area contributed by atoms with E-state index < -0.39 is 0 Å². The fraction of sp³-hybridized carbons (Fsp3) is 0.714. The Labute approximate surface area is 132 Å². The van der Waals surface area contributed by atoms with Crippen molar-refractivity contribution in [1.82, 2.24) is 0 Å². The predicted octanol–water partition coefficient (Wildman–Crippen LogP) is 1.41. The van der Waals surface area contributed by atoms with Crippen molar-refractivity contribution in [2.24, 2.45) is 43.3 Å². The van der Waals surface area contributed by atoms with E-state index in [1.54, 1.807) is 0 Å². The Bertz CT molecular complexity index is 375. The van der Waals surface area contributed by atoms with Crippen LogP contribution in [0.2, 0.25) is 0 Å². The highest BCUT2D eigenvalue weighted by atomic mass is 15.3. The highest BCUT2D eigenvalue weighted by Gasteiger charge is 1.96. The molecule has 0 atom stereocenters. The molecule has 0 aliphatic rings. The minimum absolute atomic E-state index is 0.00183. The first kappa shape index (κ1) is 19.9. The van der Waals surface area contributed by atoms with E-state index in [1.165, 1.54) is 25.7 Å². The molecular weight excluding hydrogens is 280 g/mol. The highest BCUT2D eigenvalue weighted by molar-refractivity contribution is 5.84. The Morgan fingerprint density at radius 3 is 1.18 bits per heavy atom. The molecule has 0 bridgehead atoms. The van der Waals surface area contributed by atoms with Crippen LogP contribution in [0.1, 0.15) is 65.2 Å². The molecule has 0 saturated carbocycles. The zero-order valence-electron chi connectivity index (χ0n) is 13.8. The fourth-order valence-corrected chi connectivity index (χ4v) is 1.85. The molecule has 0 rings (SSSR count). The fourth-order valence-electron chi connectivity index (χ4n) is 1.85. The maximum absolute atomic E-state index is 5.21. The molecule has 0 amide bonds. The SMILES string of the molecule is C/C(CCCCCCCC/C(C)=N/N=C(N)N)=N/N=C(N)N. The Morgan fingerprint density at radius 2 is 0.864 bits per heavy atom. The molecule has 0 unspecified atom stereocenters. The van der Waals surface area contributed by atoms with Gasteiger partial charge >= 0.3 is 0 Å². The molecule has 0 spiro atoms. The van der Waals surface area contributed by atoms with Crippen LogP contribution in [0, 0.1) is 0 Å². The van der Waals surface area contributed by atoms with Crippen LogP contribution >= 0.6 is 0 Å².